The smallest absolute Gasteiger partial charge is 0.0708 e. The van der Waals surface area contributed by atoms with Crippen LogP contribution in [0.2, 0.25) is 0 Å². The largest absolute Gasteiger partial charge is 0.309 e. The summed E-state index contributed by atoms with van der Waals surface area (Å²) < 4.78 is 2.37. The lowest BCUT2D eigenvalue weighted by molar-refractivity contribution is 1.18. The summed E-state index contributed by atoms with van der Waals surface area (Å²) in [6.07, 6.45) is 1.87. The zero-order chi connectivity index (χ0) is 30.9. The summed E-state index contributed by atoms with van der Waals surface area (Å²) in [7, 11) is 0. The number of pyridine rings is 1. The molecule has 0 fully saturated rings. The first kappa shape index (κ1) is 26.0. The molecule has 0 radical (unpaired) electrons. The van der Waals surface area contributed by atoms with E-state index in [2.05, 4.69) is 167 Å². The van der Waals surface area contributed by atoms with Crippen LogP contribution in [0.25, 0.3) is 93.3 Å². The SMILES string of the molecule is c1ccc(-n2c3ccccc3c3cc(-c4ccc(-c5ccc6ccc7c(-c8ccccn8)ccc8ccc5c6c87)cc4)ccc32)cc1. The van der Waals surface area contributed by atoms with Gasteiger partial charge in [-0.15, -0.1) is 0 Å². The van der Waals surface area contributed by atoms with Gasteiger partial charge in [-0.3, -0.25) is 4.98 Å². The van der Waals surface area contributed by atoms with Crippen LogP contribution < -0.4 is 0 Å². The first-order valence-electron chi connectivity index (χ1n) is 16.1. The molecule has 2 aromatic heterocycles. The van der Waals surface area contributed by atoms with Gasteiger partial charge < -0.3 is 4.57 Å². The number of aromatic nitrogens is 2. The summed E-state index contributed by atoms with van der Waals surface area (Å²) in [6, 6.07) is 59.5. The van der Waals surface area contributed by atoms with Crippen molar-refractivity contribution in [1.82, 2.24) is 9.55 Å². The molecular weight excluding hydrogens is 569 g/mol. The standard InChI is InChI=1S/C45H28N2/c1-2-8-34(9-3-1)47-42-12-5-4-10-37(42)40-28-33(21-26-43(40)47)29-13-15-30(16-14-29)35-22-17-31-20-25-39-36(41-11-6-7-27-46-41)23-18-32-19-24-38(35)44(31)45(32)39/h1-28H. The lowest BCUT2D eigenvalue weighted by Gasteiger charge is -2.16. The van der Waals surface area contributed by atoms with Gasteiger partial charge in [-0.25, -0.2) is 0 Å². The third kappa shape index (κ3) is 3.95. The maximum Gasteiger partial charge on any atom is 0.0708 e. The molecule has 0 spiro atoms. The van der Waals surface area contributed by atoms with Crippen LogP contribution in [-0.2, 0) is 0 Å². The highest BCUT2D eigenvalue weighted by Crippen LogP contribution is 2.42. The third-order valence-electron chi connectivity index (χ3n) is 9.82. The molecular formula is C45H28N2. The van der Waals surface area contributed by atoms with E-state index in [9.17, 15) is 0 Å². The van der Waals surface area contributed by atoms with Gasteiger partial charge in [0.15, 0.2) is 0 Å². The zero-order valence-corrected chi connectivity index (χ0v) is 25.6. The van der Waals surface area contributed by atoms with E-state index < -0.39 is 0 Å². The van der Waals surface area contributed by atoms with E-state index in [1.807, 2.05) is 12.3 Å². The molecule has 0 N–H and O–H groups in total. The van der Waals surface area contributed by atoms with E-state index in [4.69, 9.17) is 0 Å². The third-order valence-corrected chi connectivity index (χ3v) is 9.82. The number of hydrogen-bond acceptors (Lipinski definition) is 1. The van der Waals surface area contributed by atoms with Crippen molar-refractivity contribution in [2.75, 3.05) is 0 Å². The highest BCUT2D eigenvalue weighted by Gasteiger charge is 2.16. The van der Waals surface area contributed by atoms with Crippen LogP contribution in [0.3, 0.4) is 0 Å². The van der Waals surface area contributed by atoms with Crippen LogP contribution in [0.4, 0.5) is 0 Å². The normalized spacial score (nSPS) is 11.8. The van der Waals surface area contributed by atoms with E-state index >= 15 is 0 Å². The van der Waals surface area contributed by atoms with Gasteiger partial charge in [-0.1, -0.05) is 121 Å². The Bertz CT molecular complexity index is 2760. The highest BCUT2D eigenvalue weighted by molar-refractivity contribution is 6.27. The van der Waals surface area contributed by atoms with Crippen molar-refractivity contribution < 1.29 is 0 Å². The van der Waals surface area contributed by atoms with Crippen molar-refractivity contribution in [1.29, 1.82) is 0 Å². The average molecular weight is 597 g/mol. The van der Waals surface area contributed by atoms with Crippen LogP contribution in [-0.4, -0.2) is 9.55 Å². The lowest BCUT2D eigenvalue weighted by atomic mass is 9.87. The number of benzene rings is 8. The summed E-state index contributed by atoms with van der Waals surface area (Å²) in [4.78, 5) is 4.68. The minimum absolute atomic E-state index is 1.00. The van der Waals surface area contributed by atoms with Crippen LogP contribution in [0.1, 0.15) is 0 Å². The second-order valence-corrected chi connectivity index (χ2v) is 12.4. The Morgan fingerprint density at radius 2 is 1.00 bits per heavy atom. The Morgan fingerprint density at radius 3 is 1.77 bits per heavy atom. The Labute approximate surface area is 272 Å². The molecule has 8 aromatic carbocycles. The van der Waals surface area contributed by atoms with Crippen molar-refractivity contribution in [3.8, 4) is 39.2 Å². The zero-order valence-electron chi connectivity index (χ0n) is 25.6. The number of rotatable bonds is 4. The summed E-state index contributed by atoms with van der Waals surface area (Å²) in [5, 5.41) is 10.2. The minimum Gasteiger partial charge on any atom is -0.309 e. The fourth-order valence-electron chi connectivity index (χ4n) is 7.65. The average Bonchev–Trinajstić information content (AvgIpc) is 3.48. The fraction of sp³-hybridized carbons (Fsp3) is 0. The van der Waals surface area contributed by atoms with Gasteiger partial charge in [0, 0.05) is 28.2 Å². The second kappa shape index (κ2) is 10.1. The van der Waals surface area contributed by atoms with Crippen LogP contribution in [0.15, 0.2) is 170 Å². The quantitative estimate of drug-likeness (QED) is 0.185. The van der Waals surface area contributed by atoms with Crippen molar-refractivity contribution in [3.63, 3.8) is 0 Å². The molecule has 0 aliphatic rings. The van der Waals surface area contributed by atoms with Gasteiger partial charge in [-0.2, -0.15) is 0 Å². The van der Waals surface area contributed by atoms with Crippen molar-refractivity contribution in [2.45, 2.75) is 0 Å². The molecule has 10 aromatic rings. The fourth-order valence-corrected chi connectivity index (χ4v) is 7.65. The molecule has 0 aliphatic carbocycles. The van der Waals surface area contributed by atoms with Crippen LogP contribution in [0, 0.1) is 0 Å². The lowest BCUT2D eigenvalue weighted by Crippen LogP contribution is -1.92. The number of hydrogen-bond donors (Lipinski definition) is 0. The summed E-state index contributed by atoms with van der Waals surface area (Å²) in [5.41, 5.74) is 10.7. The maximum atomic E-state index is 4.68. The van der Waals surface area contributed by atoms with Crippen molar-refractivity contribution in [3.05, 3.63) is 170 Å². The predicted octanol–water partition coefficient (Wildman–Crippen LogP) is 12.1. The number of nitrogens with zero attached hydrogens (tertiary/aromatic N) is 2. The first-order valence-corrected chi connectivity index (χ1v) is 16.1. The predicted molar refractivity (Wildman–Crippen MR) is 199 cm³/mol. The van der Waals surface area contributed by atoms with E-state index in [-0.39, 0.29) is 0 Å². The molecule has 0 bridgehead atoms. The number of para-hydroxylation sites is 2. The van der Waals surface area contributed by atoms with Gasteiger partial charge in [0.25, 0.3) is 0 Å². The molecule has 0 atom stereocenters. The molecule has 2 heterocycles. The molecule has 218 valence electrons. The first-order chi connectivity index (χ1) is 23.3. The van der Waals surface area contributed by atoms with E-state index in [1.165, 1.54) is 87.6 Å². The van der Waals surface area contributed by atoms with E-state index in [0.29, 0.717) is 0 Å². The maximum absolute atomic E-state index is 4.68. The monoisotopic (exact) mass is 596 g/mol. The minimum atomic E-state index is 1.00. The van der Waals surface area contributed by atoms with Crippen LogP contribution >= 0.6 is 0 Å². The molecule has 2 nitrogen and oxygen atoms in total. The van der Waals surface area contributed by atoms with Crippen LogP contribution in [0.5, 0.6) is 0 Å². The molecule has 0 unspecified atom stereocenters. The van der Waals surface area contributed by atoms with Gasteiger partial charge >= 0.3 is 0 Å². The molecule has 2 heteroatoms. The summed E-state index contributed by atoms with van der Waals surface area (Å²) in [5.74, 6) is 0. The van der Waals surface area contributed by atoms with Gasteiger partial charge in [0.05, 0.1) is 16.7 Å². The number of fused-ring (bicyclic) bond motifs is 3. The highest BCUT2D eigenvalue weighted by atomic mass is 15.0. The Kier molecular flexibility index (Phi) is 5.61. The second-order valence-electron chi connectivity index (χ2n) is 12.4. The van der Waals surface area contributed by atoms with E-state index in [1.54, 1.807) is 0 Å². The summed E-state index contributed by atoms with van der Waals surface area (Å²) >= 11 is 0. The molecule has 0 aliphatic heterocycles. The molecule has 0 amide bonds. The Morgan fingerprint density at radius 1 is 0.383 bits per heavy atom. The Balaban J connectivity index is 1.09. The molecule has 47 heavy (non-hydrogen) atoms. The van der Waals surface area contributed by atoms with Gasteiger partial charge in [0.2, 0.25) is 0 Å². The van der Waals surface area contributed by atoms with Crippen molar-refractivity contribution >= 4 is 54.1 Å². The van der Waals surface area contributed by atoms with Crippen molar-refractivity contribution in [2.24, 2.45) is 0 Å². The van der Waals surface area contributed by atoms with Gasteiger partial charge in [-0.05, 0) is 97.0 Å². The molecule has 0 saturated heterocycles. The van der Waals surface area contributed by atoms with E-state index in [0.717, 1.165) is 5.69 Å². The topological polar surface area (TPSA) is 17.8 Å². The molecule has 0 saturated carbocycles. The van der Waals surface area contributed by atoms with Gasteiger partial charge in [0.1, 0.15) is 0 Å². The Hall–Kier alpha value is -6.25. The summed E-state index contributed by atoms with van der Waals surface area (Å²) in [6.45, 7) is 0. The molecule has 10 rings (SSSR count).